The summed E-state index contributed by atoms with van der Waals surface area (Å²) < 4.78 is 2.42. The van der Waals surface area contributed by atoms with Crippen LogP contribution in [0.25, 0.3) is 38.3 Å². The summed E-state index contributed by atoms with van der Waals surface area (Å²) in [6.45, 7) is 0. The molecule has 0 radical (unpaired) electrons. The van der Waals surface area contributed by atoms with Crippen molar-refractivity contribution in [3.63, 3.8) is 0 Å². The molecule has 1 heterocycles. The van der Waals surface area contributed by atoms with Crippen LogP contribution in [-0.2, 0) is 18.3 Å². The van der Waals surface area contributed by atoms with Crippen LogP contribution in [0.3, 0.4) is 0 Å². The Morgan fingerprint density at radius 2 is 0.833 bits per heavy atom. The predicted molar refractivity (Wildman–Crippen MR) is 252 cm³/mol. The fourth-order valence-corrected chi connectivity index (χ4v) is 10.6. The molecule has 2 aliphatic rings. The number of fused-ring (bicyclic) bond motifs is 8. The number of hydrogen-bond acceptors (Lipinski definition) is 2. The van der Waals surface area contributed by atoms with E-state index < -0.39 is 0 Å². The lowest BCUT2D eigenvalue weighted by atomic mass is 9.76. The van der Waals surface area contributed by atoms with Gasteiger partial charge in [0.15, 0.2) is 0 Å². The first-order chi connectivity index (χ1) is 29.7. The van der Waals surface area contributed by atoms with Crippen LogP contribution in [0.5, 0.6) is 0 Å². The van der Waals surface area contributed by atoms with Gasteiger partial charge in [0.1, 0.15) is 0 Å². The minimum Gasteiger partial charge on any atom is -0.310 e. The lowest BCUT2D eigenvalue weighted by molar-refractivity contribution is 0.507. The molecule has 60 heavy (non-hydrogen) atoms. The number of benzene rings is 9. The number of aromatic nitrogens is 1. The lowest BCUT2D eigenvalue weighted by Gasteiger charge is -2.31. The number of hydrogen-bond donors (Lipinski definition) is 0. The van der Waals surface area contributed by atoms with Crippen LogP contribution >= 0.6 is 0 Å². The van der Waals surface area contributed by atoms with Crippen molar-refractivity contribution >= 4 is 66.7 Å². The second-order valence-corrected chi connectivity index (χ2v) is 16.5. The number of nitrogens with zero attached hydrogens (tertiary/aromatic N) is 3. The zero-order chi connectivity index (χ0) is 39.6. The molecule has 0 saturated carbocycles. The van der Waals surface area contributed by atoms with Gasteiger partial charge in [0, 0.05) is 56.0 Å². The van der Waals surface area contributed by atoms with E-state index in [-0.39, 0.29) is 5.41 Å². The Balaban J connectivity index is 1.03. The number of rotatable bonds is 7. The molecule has 1 atom stereocenters. The van der Waals surface area contributed by atoms with Gasteiger partial charge in [-0.15, -0.1) is 0 Å². The van der Waals surface area contributed by atoms with Crippen LogP contribution in [0, 0.1) is 0 Å². The zero-order valence-electron chi connectivity index (χ0n) is 33.4. The van der Waals surface area contributed by atoms with Gasteiger partial charge in [-0.05, 0) is 150 Å². The first kappa shape index (κ1) is 34.7. The summed E-state index contributed by atoms with van der Waals surface area (Å²) in [7, 11) is 0. The first-order valence-electron chi connectivity index (χ1n) is 21.3. The van der Waals surface area contributed by atoms with Crippen molar-refractivity contribution in [3.05, 3.63) is 235 Å². The lowest BCUT2D eigenvalue weighted by Crippen LogP contribution is -2.22. The van der Waals surface area contributed by atoms with Gasteiger partial charge in [0.05, 0.1) is 11.0 Å². The van der Waals surface area contributed by atoms with Crippen molar-refractivity contribution in [1.82, 2.24) is 4.57 Å². The Hall–Kier alpha value is -7.36. The third kappa shape index (κ3) is 5.50. The molecular formula is C57H43N3. The summed E-state index contributed by atoms with van der Waals surface area (Å²) in [6.07, 6.45) is 4.42. The topological polar surface area (TPSA) is 11.4 Å². The molecule has 0 unspecified atom stereocenters. The van der Waals surface area contributed by atoms with E-state index in [0.29, 0.717) is 0 Å². The normalized spacial score (nSPS) is 15.5. The maximum atomic E-state index is 2.54. The summed E-state index contributed by atoms with van der Waals surface area (Å²) in [5, 5.41) is 4.99. The van der Waals surface area contributed by atoms with Crippen molar-refractivity contribution in [2.75, 3.05) is 9.80 Å². The van der Waals surface area contributed by atoms with E-state index in [9.17, 15) is 0 Å². The van der Waals surface area contributed by atoms with Gasteiger partial charge in [-0.3, -0.25) is 0 Å². The van der Waals surface area contributed by atoms with Crippen LogP contribution in [-0.4, -0.2) is 4.57 Å². The molecule has 9 aromatic carbocycles. The molecule has 0 fully saturated rings. The van der Waals surface area contributed by atoms with E-state index in [4.69, 9.17) is 0 Å². The third-order valence-electron chi connectivity index (χ3n) is 13.3. The van der Waals surface area contributed by atoms with Crippen LogP contribution in [0.1, 0.15) is 35.1 Å². The fraction of sp³-hybridized carbons (Fsp3) is 0.0877. The van der Waals surface area contributed by atoms with Crippen LogP contribution < -0.4 is 9.80 Å². The van der Waals surface area contributed by atoms with Gasteiger partial charge >= 0.3 is 0 Å². The highest BCUT2D eigenvalue weighted by atomic mass is 15.1. The van der Waals surface area contributed by atoms with E-state index in [1.54, 1.807) is 0 Å². The molecular weight excluding hydrogens is 727 g/mol. The molecule has 1 spiro atoms. The molecule has 0 amide bonds. The molecule has 0 N–H and O–H groups in total. The van der Waals surface area contributed by atoms with Crippen LogP contribution in [0.2, 0.25) is 0 Å². The Morgan fingerprint density at radius 1 is 0.350 bits per heavy atom. The second-order valence-electron chi connectivity index (χ2n) is 16.5. The Labute approximate surface area is 351 Å². The smallest absolute Gasteiger partial charge is 0.0561 e. The van der Waals surface area contributed by atoms with Crippen LogP contribution in [0.15, 0.2) is 212 Å². The van der Waals surface area contributed by atoms with Crippen molar-refractivity contribution < 1.29 is 0 Å². The van der Waals surface area contributed by atoms with Gasteiger partial charge in [-0.25, -0.2) is 0 Å². The van der Waals surface area contributed by atoms with Crippen molar-refractivity contribution in [2.24, 2.45) is 0 Å². The number of para-hydroxylation sites is 4. The maximum absolute atomic E-state index is 2.54. The molecule has 286 valence electrons. The summed E-state index contributed by atoms with van der Waals surface area (Å²) >= 11 is 0. The SMILES string of the molecule is c1ccc(N(c2ccccc2)c2ccc3c(c2)[C@@]2(CC3)CCc3ccc(N(c4ccc5ccccc5c4)c4ccc5c6ccccc6n(-c6ccccc6)c5c4)cc32)cc1. The molecule has 12 rings (SSSR count). The number of aryl methyl sites for hydroxylation is 2. The molecule has 10 aromatic rings. The van der Waals surface area contributed by atoms with E-state index >= 15 is 0 Å². The summed E-state index contributed by atoms with van der Waals surface area (Å²) in [6, 6.07) is 78.4. The summed E-state index contributed by atoms with van der Waals surface area (Å²) in [5.41, 5.74) is 16.4. The second kappa shape index (κ2) is 13.9. The van der Waals surface area contributed by atoms with Crippen molar-refractivity contribution in [2.45, 2.75) is 31.1 Å². The standard InChI is InChI=1S/C57H43N3/c1-4-16-44(17-5-1)58(45-18-6-2-7-19-45)48-28-25-41-32-34-57(53(41)37-48)35-33-42-26-29-49(38-54(42)57)59(47-27-24-40-14-10-11-15-43(40)36-47)50-30-31-52-51-22-12-13-23-55(51)60(56(52)39-50)46-20-8-3-9-21-46/h1-31,36-39H,32-35H2/t57-/m1/s1. The first-order valence-corrected chi connectivity index (χ1v) is 21.3. The monoisotopic (exact) mass is 769 g/mol. The fourth-order valence-electron chi connectivity index (χ4n) is 10.6. The van der Waals surface area contributed by atoms with Gasteiger partial charge in [-0.2, -0.15) is 0 Å². The number of anilines is 6. The Bertz CT molecular complexity index is 3180. The molecule has 0 aliphatic heterocycles. The highest BCUT2D eigenvalue weighted by Gasteiger charge is 2.45. The minimum absolute atomic E-state index is 0.0471. The summed E-state index contributed by atoms with van der Waals surface area (Å²) in [4.78, 5) is 4.90. The predicted octanol–water partition coefficient (Wildman–Crippen LogP) is 15.1. The summed E-state index contributed by atoms with van der Waals surface area (Å²) in [5.74, 6) is 0. The van der Waals surface area contributed by atoms with E-state index in [1.165, 1.54) is 77.6 Å². The van der Waals surface area contributed by atoms with E-state index in [1.807, 2.05) is 0 Å². The molecule has 0 saturated heterocycles. The molecule has 3 heteroatoms. The molecule has 2 aliphatic carbocycles. The Kier molecular flexibility index (Phi) is 8.02. The highest BCUT2D eigenvalue weighted by Crippen LogP contribution is 2.55. The van der Waals surface area contributed by atoms with E-state index in [0.717, 1.165) is 42.7 Å². The highest BCUT2D eigenvalue weighted by molar-refractivity contribution is 6.10. The van der Waals surface area contributed by atoms with Crippen LogP contribution in [0.4, 0.5) is 34.1 Å². The van der Waals surface area contributed by atoms with Crippen molar-refractivity contribution in [1.29, 1.82) is 0 Å². The maximum Gasteiger partial charge on any atom is 0.0561 e. The average molecular weight is 770 g/mol. The van der Waals surface area contributed by atoms with Gasteiger partial charge in [-0.1, -0.05) is 121 Å². The molecule has 0 bridgehead atoms. The third-order valence-corrected chi connectivity index (χ3v) is 13.3. The van der Waals surface area contributed by atoms with Gasteiger partial charge < -0.3 is 14.4 Å². The van der Waals surface area contributed by atoms with Gasteiger partial charge in [0.25, 0.3) is 0 Å². The molecule has 1 aromatic heterocycles. The minimum atomic E-state index is -0.0471. The van der Waals surface area contributed by atoms with Gasteiger partial charge in [0.2, 0.25) is 0 Å². The van der Waals surface area contributed by atoms with E-state index in [2.05, 4.69) is 227 Å². The average Bonchev–Trinajstić information content (AvgIpc) is 3.98. The van der Waals surface area contributed by atoms with Crippen molar-refractivity contribution in [3.8, 4) is 5.69 Å². The Morgan fingerprint density at radius 3 is 1.50 bits per heavy atom. The zero-order valence-corrected chi connectivity index (χ0v) is 33.4. The quantitative estimate of drug-likeness (QED) is 0.160. The molecule has 3 nitrogen and oxygen atoms in total. The largest absolute Gasteiger partial charge is 0.310 e.